The second-order valence-electron chi connectivity index (χ2n) is 3.14. The van der Waals surface area contributed by atoms with Crippen LogP contribution in [0.4, 0.5) is 13.2 Å². The van der Waals surface area contributed by atoms with Gasteiger partial charge in [0.05, 0.1) is 11.8 Å². The van der Waals surface area contributed by atoms with Crippen LogP contribution in [0.5, 0.6) is 0 Å². The van der Waals surface area contributed by atoms with Crippen molar-refractivity contribution in [3.05, 3.63) is 23.1 Å². The van der Waals surface area contributed by atoms with Crippen molar-refractivity contribution >= 4 is 29.1 Å². The molecule has 0 aliphatic heterocycles. The van der Waals surface area contributed by atoms with E-state index in [1.54, 1.807) is 0 Å². The lowest BCUT2D eigenvalue weighted by atomic mass is 10.3. The summed E-state index contributed by atoms with van der Waals surface area (Å²) in [6.45, 7) is -1.60. The lowest BCUT2D eigenvalue weighted by molar-refractivity contribution is -0.140. The number of hydrogen-bond acceptors (Lipinski definition) is 2. The third-order valence-corrected chi connectivity index (χ3v) is 2.32. The first-order chi connectivity index (χ1) is 7.85. The molecule has 0 unspecified atom stereocenters. The predicted octanol–water partition coefficient (Wildman–Crippen LogP) is 3.18. The molecule has 0 fully saturated rings. The fourth-order valence-electron chi connectivity index (χ4n) is 1.19. The molecule has 0 atom stereocenters. The monoisotopic (exact) mass is 289 g/mol. The highest BCUT2D eigenvalue weighted by Crippen LogP contribution is 2.22. The highest BCUT2D eigenvalue weighted by atomic mass is 35.5. The molecule has 0 saturated heterocycles. The fourth-order valence-corrected chi connectivity index (χ4v) is 1.59. The lowest BCUT2D eigenvalue weighted by Crippen LogP contribution is -2.40. The van der Waals surface area contributed by atoms with Gasteiger partial charge in [-0.2, -0.15) is 13.2 Å². The van der Waals surface area contributed by atoms with E-state index in [2.05, 4.69) is 4.42 Å². The summed E-state index contributed by atoms with van der Waals surface area (Å²) in [5.41, 5.74) is -0.110. The lowest BCUT2D eigenvalue weighted by Gasteiger charge is -2.22. The minimum Gasteiger partial charge on any atom is -0.452 e. The van der Waals surface area contributed by atoms with E-state index in [1.165, 1.54) is 6.07 Å². The van der Waals surface area contributed by atoms with E-state index in [9.17, 15) is 18.0 Å². The Bertz CT molecular complexity index is 392. The van der Waals surface area contributed by atoms with Crippen LogP contribution in [-0.4, -0.2) is 36.0 Å². The van der Waals surface area contributed by atoms with E-state index in [1.807, 2.05) is 0 Å². The number of halogens is 5. The standard InChI is InChI=1S/C9H8Cl2F3NO2/c10-2-3-15(5-9(12,13)14)8(16)6-1-4-17-7(6)11/h1,4H,2-3,5H2. The van der Waals surface area contributed by atoms with Crippen LogP contribution in [0.1, 0.15) is 10.4 Å². The number of amides is 1. The van der Waals surface area contributed by atoms with Crippen LogP contribution in [0.2, 0.25) is 5.22 Å². The van der Waals surface area contributed by atoms with Crippen molar-refractivity contribution in [2.75, 3.05) is 19.0 Å². The summed E-state index contributed by atoms with van der Waals surface area (Å²) in [7, 11) is 0. The first kappa shape index (κ1) is 14.2. The summed E-state index contributed by atoms with van der Waals surface area (Å²) in [4.78, 5) is 12.3. The maximum Gasteiger partial charge on any atom is 0.406 e. The van der Waals surface area contributed by atoms with E-state index in [0.717, 1.165) is 6.26 Å². The zero-order valence-electron chi connectivity index (χ0n) is 8.43. The Kier molecular flexibility index (Phi) is 4.70. The van der Waals surface area contributed by atoms with Crippen LogP contribution in [0.15, 0.2) is 16.7 Å². The smallest absolute Gasteiger partial charge is 0.406 e. The number of rotatable bonds is 4. The second-order valence-corrected chi connectivity index (χ2v) is 3.86. The van der Waals surface area contributed by atoms with E-state index in [0.29, 0.717) is 4.90 Å². The summed E-state index contributed by atoms with van der Waals surface area (Å²) in [6.07, 6.45) is -3.36. The zero-order valence-corrected chi connectivity index (χ0v) is 9.94. The van der Waals surface area contributed by atoms with Crippen LogP contribution in [-0.2, 0) is 0 Å². The van der Waals surface area contributed by atoms with Gasteiger partial charge >= 0.3 is 6.18 Å². The number of hydrogen-bond donors (Lipinski definition) is 0. The van der Waals surface area contributed by atoms with Crippen LogP contribution in [0, 0.1) is 0 Å². The van der Waals surface area contributed by atoms with Crippen LogP contribution < -0.4 is 0 Å². The Balaban J connectivity index is 2.84. The third kappa shape index (κ3) is 4.12. The zero-order chi connectivity index (χ0) is 13.1. The maximum absolute atomic E-state index is 12.2. The molecule has 8 heteroatoms. The summed E-state index contributed by atoms with van der Waals surface area (Å²) < 4.78 is 41.4. The van der Waals surface area contributed by atoms with E-state index < -0.39 is 18.6 Å². The van der Waals surface area contributed by atoms with Crippen LogP contribution in [0.25, 0.3) is 0 Å². The van der Waals surface area contributed by atoms with Gasteiger partial charge in [-0.1, -0.05) is 0 Å². The number of carbonyl (C=O) groups is 1. The van der Waals surface area contributed by atoms with E-state index in [4.69, 9.17) is 23.2 Å². The molecule has 0 bridgehead atoms. The minimum absolute atomic E-state index is 0.0999. The quantitative estimate of drug-likeness (QED) is 0.798. The molecule has 0 radical (unpaired) electrons. The van der Waals surface area contributed by atoms with E-state index >= 15 is 0 Å². The van der Waals surface area contributed by atoms with Gasteiger partial charge in [-0.3, -0.25) is 4.79 Å². The molecule has 17 heavy (non-hydrogen) atoms. The molecule has 1 amide bonds. The minimum atomic E-state index is -4.49. The third-order valence-electron chi connectivity index (χ3n) is 1.86. The number of alkyl halides is 4. The van der Waals surface area contributed by atoms with Crippen molar-refractivity contribution in [3.63, 3.8) is 0 Å². The van der Waals surface area contributed by atoms with Gasteiger partial charge in [-0.15, -0.1) is 11.6 Å². The molecule has 96 valence electrons. The van der Waals surface area contributed by atoms with Gasteiger partial charge in [-0.25, -0.2) is 0 Å². The number of carbonyl (C=O) groups excluding carboxylic acids is 1. The SMILES string of the molecule is O=C(c1ccoc1Cl)N(CCCl)CC(F)(F)F. The van der Waals surface area contributed by atoms with E-state index in [-0.39, 0.29) is 23.2 Å². The Morgan fingerprint density at radius 2 is 2.12 bits per heavy atom. The van der Waals surface area contributed by atoms with Crippen molar-refractivity contribution in [1.29, 1.82) is 0 Å². The topological polar surface area (TPSA) is 33.5 Å². The first-order valence-corrected chi connectivity index (χ1v) is 5.41. The van der Waals surface area contributed by atoms with Crippen molar-refractivity contribution in [3.8, 4) is 0 Å². The van der Waals surface area contributed by atoms with Crippen LogP contribution >= 0.6 is 23.2 Å². The molecule has 0 spiro atoms. The molecule has 3 nitrogen and oxygen atoms in total. The van der Waals surface area contributed by atoms with Gasteiger partial charge in [0.2, 0.25) is 5.22 Å². The number of nitrogens with zero attached hydrogens (tertiary/aromatic N) is 1. The second kappa shape index (κ2) is 5.64. The molecule has 0 N–H and O–H groups in total. The average Bonchev–Trinajstić information content (AvgIpc) is 2.61. The summed E-state index contributed by atoms with van der Waals surface area (Å²) in [6, 6.07) is 1.21. The molecule has 1 aromatic rings. The molecule has 1 aromatic heterocycles. The van der Waals surface area contributed by atoms with Gasteiger partial charge in [0.25, 0.3) is 5.91 Å². The van der Waals surface area contributed by atoms with Crippen molar-refractivity contribution in [1.82, 2.24) is 4.90 Å². The van der Waals surface area contributed by atoms with Crippen molar-refractivity contribution in [2.45, 2.75) is 6.18 Å². The predicted molar refractivity (Wildman–Crippen MR) is 56.4 cm³/mol. The molecular weight excluding hydrogens is 282 g/mol. The number of furan rings is 1. The van der Waals surface area contributed by atoms with Gasteiger partial charge in [-0.05, 0) is 17.7 Å². The first-order valence-electron chi connectivity index (χ1n) is 4.50. The highest BCUT2D eigenvalue weighted by molar-refractivity contribution is 6.32. The van der Waals surface area contributed by atoms with Gasteiger partial charge in [0.15, 0.2) is 0 Å². The molecule has 1 heterocycles. The van der Waals surface area contributed by atoms with Crippen LogP contribution in [0.3, 0.4) is 0 Å². The Morgan fingerprint density at radius 1 is 1.47 bits per heavy atom. The molecule has 0 saturated carbocycles. The molecule has 0 aliphatic carbocycles. The van der Waals surface area contributed by atoms with Crippen molar-refractivity contribution in [2.24, 2.45) is 0 Å². The highest BCUT2D eigenvalue weighted by Gasteiger charge is 2.33. The molecule has 0 aromatic carbocycles. The largest absolute Gasteiger partial charge is 0.452 e. The Morgan fingerprint density at radius 3 is 2.53 bits per heavy atom. The van der Waals surface area contributed by atoms with Gasteiger partial charge in [0.1, 0.15) is 6.54 Å². The average molecular weight is 290 g/mol. The van der Waals surface area contributed by atoms with Gasteiger partial charge < -0.3 is 9.32 Å². The summed E-state index contributed by atoms with van der Waals surface area (Å²) >= 11 is 10.9. The molecule has 1 rings (SSSR count). The Labute approximate surface area is 105 Å². The van der Waals surface area contributed by atoms with Crippen molar-refractivity contribution < 1.29 is 22.4 Å². The maximum atomic E-state index is 12.2. The van der Waals surface area contributed by atoms with Gasteiger partial charge in [0, 0.05) is 12.4 Å². The molecular formula is C9H8Cl2F3NO2. The Hall–Kier alpha value is -0.880. The summed E-state index contributed by atoms with van der Waals surface area (Å²) in [5.74, 6) is -0.959. The normalized spacial score (nSPS) is 11.6. The summed E-state index contributed by atoms with van der Waals surface area (Å²) in [5, 5.41) is -0.239. The molecule has 0 aliphatic rings. The fraction of sp³-hybridized carbons (Fsp3) is 0.444.